The molecule has 0 N–H and O–H groups in total. The molecule has 1 heterocycles. The second-order valence-electron chi connectivity index (χ2n) is 4.93. The van der Waals surface area contributed by atoms with Gasteiger partial charge in [-0.25, -0.2) is 9.67 Å². The summed E-state index contributed by atoms with van der Waals surface area (Å²) in [6, 6.07) is 0. The van der Waals surface area contributed by atoms with Crippen LogP contribution in [0.15, 0.2) is 10.8 Å². The maximum atomic E-state index is 4.38. The zero-order chi connectivity index (χ0) is 11.1. The van der Waals surface area contributed by atoms with E-state index in [0.29, 0.717) is 10.1 Å². The maximum Gasteiger partial charge on any atom is 0.217 e. The van der Waals surface area contributed by atoms with Crippen molar-refractivity contribution in [3.05, 3.63) is 16.6 Å². The largest absolute Gasteiger partial charge is 0.248 e. The molecule has 3 nitrogen and oxygen atoms in total. The van der Waals surface area contributed by atoms with Crippen LogP contribution in [0.4, 0.5) is 0 Å². The Balaban J connectivity index is 2.26. The molecule has 2 rings (SSSR count). The summed E-state index contributed by atoms with van der Waals surface area (Å²) in [5, 5.41) is 4.20. The number of aromatic nitrogens is 3. The third kappa shape index (κ3) is 2.30. The first-order valence-corrected chi connectivity index (χ1v) is 6.03. The minimum atomic E-state index is 0.444. The van der Waals surface area contributed by atoms with Crippen molar-refractivity contribution in [2.24, 2.45) is 12.5 Å². The van der Waals surface area contributed by atoms with Gasteiger partial charge in [-0.05, 0) is 46.2 Å². The molecule has 1 aromatic heterocycles. The number of aryl methyl sites for hydroxylation is 1. The SMILES string of the molecule is Cn1nc(Br)nc1C1=CCC(C)(C)CC1. The molecule has 0 saturated carbocycles. The zero-order valence-corrected chi connectivity index (χ0v) is 11.0. The molecule has 0 saturated heterocycles. The van der Waals surface area contributed by atoms with E-state index >= 15 is 0 Å². The van der Waals surface area contributed by atoms with Crippen molar-refractivity contribution >= 4 is 21.5 Å². The van der Waals surface area contributed by atoms with Crippen molar-refractivity contribution in [2.45, 2.75) is 33.1 Å². The van der Waals surface area contributed by atoms with E-state index in [4.69, 9.17) is 0 Å². The number of hydrogen-bond donors (Lipinski definition) is 0. The van der Waals surface area contributed by atoms with Crippen molar-refractivity contribution in [2.75, 3.05) is 0 Å². The highest BCUT2D eigenvalue weighted by atomic mass is 79.9. The zero-order valence-electron chi connectivity index (χ0n) is 9.42. The van der Waals surface area contributed by atoms with Crippen LogP contribution >= 0.6 is 15.9 Å². The summed E-state index contributed by atoms with van der Waals surface area (Å²) < 4.78 is 2.51. The number of nitrogens with zero attached hydrogens (tertiary/aromatic N) is 3. The van der Waals surface area contributed by atoms with E-state index in [9.17, 15) is 0 Å². The third-order valence-electron chi connectivity index (χ3n) is 3.00. The number of allylic oxidation sites excluding steroid dienone is 2. The molecule has 0 fully saturated rings. The average Bonchev–Trinajstić information content (AvgIpc) is 2.45. The highest BCUT2D eigenvalue weighted by Gasteiger charge is 2.23. The van der Waals surface area contributed by atoms with E-state index in [2.05, 4.69) is 45.9 Å². The van der Waals surface area contributed by atoms with Gasteiger partial charge in [-0.1, -0.05) is 19.9 Å². The third-order valence-corrected chi connectivity index (χ3v) is 3.33. The lowest BCUT2D eigenvalue weighted by Gasteiger charge is -2.28. The molecular formula is C11H16BrN3. The Morgan fingerprint density at radius 3 is 2.67 bits per heavy atom. The summed E-state index contributed by atoms with van der Waals surface area (Å²) in [6.45, 7) is 4.62. The minimum absolute atomic E-state index is 0.444. The summed E-state index contributed by atoms with van der Waals surface area (Å²) in [4.78, 5) is 4.38. The van der Waals surface area contributed by atoms with Crippen LogP contribution in [0.25, 0.3) is 5.57 Å². The molecule has 0 amide bonds. The monoisotopic (exact) mass is 269 g/mol. The highest BCUT2D eigenvalue weighted by molar-refractivity contribution is 9.10. The molecule has 1 aliphatic carbocycles. The van der Waals surface area contributed by atoms with Gasteiger partial charge in [0.05, 0.1) is 0 Å². The molecule has 0 bridgehead atoms. The van der Waals surface area contributed by atoms with Crippen molar-refractivity contribution in [1.29, 1.82) is 0 Å². The first kappa shape index (κ1) is 10.9. The second-order valence-corrected chi connectivity index (χ2v) is 5.64. The quantitative estimate of drug-likeness (QED) is 0.784. The Bertz CT molecular complexity index is 404. The van der Waals surface area contributed by atoms with Crippen LogP contribution in [0.5, 0.6) is 0 Å². The average molecular weight is 270 g/mol. The van der Waals surface area contributed by atoms with Gasteiger partial charge in [0, 0.05) is 7.05 Å². The fourth-order valence-corrected chi connectivity index (χ4v) is 2.32. The Morgan fingerprint density at radius 2 is 2.20 bits per heavy atom. The van der Waals surface area contributed by atoms with E-state index in [1.807, 2.05) is 11.7 Å². The Hall–Kier alpha value is -0.640. The van der Waals surface area contributed by atoms with Crippen LogP contribution in [0, 0.1) is 5.41 Å². The van der Waals surface area contributed by atoms with Crippen molar-refractivity contribution in [1.82, 2.24) is 14.8 Å². The molecule has 0 aromatic carbocycles. The van der Waals surface area contributed by atoms with Gasteiger partial charge in [0.2, 0.25) is 4.73 Å². The predicted octanol–water partition coefficient (Wildman–Crippen LogP) is 3.17. The normalized spacial score (nSPS) is 20.1. The molecule has 1 aromatic rings. The van der Waals surface area contributed by atoms with E-state index in [1.54, 1.807) is 0 Å². The smallest absolute Gasteiger partial charge is 0.217 e. The van der Waals surface area contributed by atoms with Gasteiger partial charge < -0.3 is 0 Å². The van der Waals surface area contributed by atoms with Crippen LogP contribution in [-0.4, -0.2) is 14.8 Å². The summed E-state index contributed by atoms with van der Waals surface area (Å²) >= 11 is 3.30. The Labute approximate surface area is 98.7 Å². The molecular weight excluding hydrogens is 254 g/mol. The fraction of sp³-hybridized carbons (Fsp3) is 0.636. The maximum absolute atomic E-state index is 4.38. The molecule has 0 spiro atoms. The number of rotatable bonds is 1. The predicted molar refractivity (Wildman–Crippen MR) is 64.3 cm³/mol. The van der Waals surface area contributed by atoms with Crippen LogP contribution in [-0.2, 0) is 7.05 Å². The van der Waals surface area contributed by atoms with Gasteiger partial charge in [0.15, 0.2) is 5.82 Å². The number of hydrogen-bond acceptors (Lipinski definition) is 2. The molecule has 4 heteroatoms. The Morgan fingerprint density at radius 1 is 1.47 bits per heavy atom. The molecule has 0 radical (unpaired) electrons. The van der Waals surface area contributed by atoms with Gasteiger partial charge in [0.25, 0.3) is 0 Å². The van der Waals surface area contributed by atoms with Crippen LogP contribution in [0.1, 0.15) is 38.9 Å². The van der Waals surface area contributed by atoms with Gasteiger partial charge in [-0.15, -0.1) is 5.10 Å². The van der Waals surface area contributed by atoms with Crippen LogP contribution in [0.2, 0.25) is 0 Å². The first-order valence-electron chi connectivity index (χ1n) is 5.24. The van der Waals surface area contributed by atoms with E-state index in [0.717, 1.165) is 18.7 Å². The van der Waals surface area contributed by atoms with Gasteiger partial charge in [0.1, 0.15) is 0 Å². The van der Waals surface area contributed by atoms with Crippen LogP contribution in [0.3, 0.4) is 0 Å². The minimum Gasteiger partial charge on any atom is -0.248 e. The summed E-state index contributed by atoms with van der Waals surface area (Å²) in [7, 11) is 1.94. The number of halogens is 1. The second kappa shape index (κ2) is 3.74. The highest BCUT2D eigenvalue weighted by Crippen LogP contribution is 2.37. The van der Waals surface area contributed by atoms with Crippen LogP contribution < -0.4 is 0 Å². The molecule has 0 unspecified atom stereocenters. The lowest BCUT2D eigenvalue weighted by Crippen LogP contribution is -2.15. The van der Waals surface area contributed by atoms with Crippen molar-refractivity contribution in [3.8, 4) is 0 Å². The Kier molecular flexibility index (Phi) is 2.71. The van der Waals surface area contributed by atoms with E-state index in [1.165, 1.54) is 12.0 Å². The topological polar surface area (TPSA) is 30.7 Å². The fourth-order valence-electron chi connectivity index (χ4n) is 1.91. The lowest BCUT2D eigenvalue weighted by molar-refractivity contribution is 0.334. The van der Waals surface area contributed by atoms with E-state index < -0.39 is 0 Å². The van der Waals surface area contributed by atoms with Gasteiger partial charge in [-0.3, -0.25) is 0 Å². The van der Waals surface area contributed by atoms with Crippen molar-refractivity contribution < 1.29 is 0 Å². The molecule has 1 aliphatic rings. The summed E-state index contributed by atoms with van der Waals surface area (Å²) in [5.74, 6) is 0.998. The van der Waals surface area contributed by atoms with Gasteiger partial charge in [-0.2, -0.15) is 0 Å². The molecule has 15 heavy (non-hydrogen) atoms. The molecule has 0 aliphatic heterocycles. The lowest BCUT2D eigenvalue weighted by atomic mass is 9.78. The summed E-state index contributed by atoms with van der Waals surface area (Å²) in [5.41, 5.74) is 1.77. The molecule has 0 atom stereocenters. The first-order chi connectivity index (χ1) is 6.98. The molecule has 82 valence electrons. The van der Waals surface area contributed by atoms with E-state index in [-0.39, 0.29) is 0 Å². The van der Waals surface area contributed by atoms with Crippen molar-refractivity contribution in [3.63, 3.8) is 0 Å². The standard InChI is InChI=1S/C11H16BrN3/c1-11(2)6-4-8(5-7-11)9-13-10(12)14-15(9)3/h4H,5-7H2,1-3H3. The van der Waals surface area contributed by atoms with Gasteiger partial charge >= 0.3 is 0 Å². The summed E-state index contributed by atoms with van der Waals surface area (Å²) in [6.07, 6.45) is 5.77.